The second-order valence-corrected chi connectivity index (χ2v) is 2.94. The zero-order valence-electron chi connectivity index (χ0n) is 5.26. The molecule has 1 saturated carbocycles. The maximum absolute atomic E-state index is 5.26. The first-order valence-electron chi connectivity index (χ1n) is 3.53. The summed E-state index contributed by atoms with van der Waals surface area (Å²) >= 11 is 0. The van der Waals surface area contributed by atoms with Crippen molar-refractivity contribution in [1.82, 2.24) is 0 Å². The maximum atomic E-state index is 5.26. The molecular formula is C7H12O. The quantitative estimate of drug-likeness (QED) is 0.498. The highest BCUT2D eigenvalue weighted by Crippen LogP contribution is 2.45. The van der Waals surface area contributed by atoms with Crippen molar-refractivity contribution in [1.29, 1.82) is 0 Å². The molecule has 1 saturated heterocycles. The Morgan fingerprint density at radius 2 is 2.50 bits per heavy atom. The van der Waals surface area contributed by atoms with E-state index < -0.39 is 0 Å². The molecule has 1 aliphatic carbocycles. The molecule has 1 nitrogen and oxygen atoms in total. The molecule has 3 atom stereocenters. The van der Waals surface area contributed by atoms with E-state index in [0.717, 1.165) is 18.4 Å². The van der Waals surface area contributed by atoms with Gasteiger partial charge in [0, 0.05) is 5.92 Å². The smallest absolute Gasteiger partial charge is 0.0630 e. The van der Waals surface area contributed by atoms with E-state index in [1.807, 2.05) is 0 Å². The van der Waals surface area contributed by atoms with E-state index in [-0.39, 0.29) is 0 Å². The lowest BCUT2D eigenvalue weighted by Gasteiger charge is -2.52. The molecule has 0 aromatic carbocycles. The minimum absolute atomic E-state index is 0.694. The van der Waals surface area contributed by atoms with Crippen LogP contribution in [0.25, 0.3) is 0 Å². The molecule has 0 N–H and O–H groups in total. The molecule has 2 rings (SSSR count). The summed E-state index contributed by atoms with van der Waals surface area (Å²) in [4.78, 5) is 0. The molecule has 1 aliphatic heterocycles. The van der Waals surface area contributed by atoms with Gasteiger partial charge in [0.25, 0.3) is 0 Å². The average Bonchev–Trinajstić information content (AvgIpc) is 1.76. The zero-order chi connectivity index (χ0) is 5.56. The van der Waals surface area contributed by atoms with Crippen LogP contribution in [-0.4, -0.2) is 12.7 Å². The molecule has 46 valence electrons. The standard InChI is InChI=1S/C7H12O/c1-2-5-3-7-6(5)4-8-7/h5-7H,2-4H2,1H3. The predicted octanol–water partition coefficient (Wildman–Crippen LogP) is 1.43. The van der Waals surface area contributed by atoms with E-state index >= 15 is 0 Å². The zero-order valence-corrected chi connectivity index (χ0v) is 5.26. The Morgan fingerprint density at radius 1 is 1.62 bits per heavy atom. The Labute approximate surface area is 50.0 Å². The van der Waals surface area contributed by atoms with Gasteiger partial charge >= 0.3 is 0 Å². The van der Waals surface area contributed by atoms with Crippen molar-refractivity contribution < 1.29 is 4.74 Å². The number of hydrogen-bond donors (Lipinski definition) is 0. The summed E-state index contributed by atoms with van der Waals surface area (Å²) in [6.45, 7) is 3.34. The van der Waals surface area contributed by atoms with Crippen LogP contribution in [0.2, 0.25) is 0 Å². The van der Waals surface area contributed by atoms with E-state index in [9.17, 15) is 0 Å². The van der Waals surface area contributed by atoms with Gasteiger partial charge in [0.05, 0.1) is 12.7 Å². The van der Waals surface area contributed by atoms with Crippen LogP contribution >= 0.6 is 0 Å². The van der Waals surface area contributed by atoms with Crippen molar-refractivity contribution in [2.45, 2.75) is 25.9 Å². The number of ether oxygens (including phenoxy) is 1. The Hall–Kier alpha value is -0.0400. The summed E-state index contributed by atoms with van der Waals surface area (Å²) in [5.74, 6) is 1.99. The molecule has 2 fully saturated rings. The fourth-order valence-electron chi connectivity index (χ4n) is 1.77. The van der Waals surface area contributed by atoms with Gasteiger partial charge in [-0.25, -0.2) is 0 Å². The molecule has 0 spiro atoms. The topological polar surface area (TPSA) is 9.23 Å². The summed E-state index contributed by atoms with van der Waals surface area (Å²) < 4.78 is 5.26. The van der Waals surface area contributed by atoms with Gasteiger partial charge in [-0.2, -0.15) is 0 Å². The second-order valence-electron chi connectivity index (χ2n) is 2.94. The van der Waals surface area contributed by atoms with E-state index in [4.69, 9.17) is 4.74 Å². The summed E-state index contributed by atoms with van der Waals surface area (Å²) in [6, 6.07) is 0. The number of rotatable bonds is 1. The molecule has 0 aromatic rings. The van der Waals surface area contributed by atoms with Crippen molar-refractivity contribution in [2.24, 2.45) is 11.8 Å². The SMILES string of the molecule is CCC1CC2OCC12. The fourth-order valence-corrected chi connectivity index (χ4v) is 1.77. The van der Waals surface area contributed by atoms with Crippen molar-refractivity contribution in [3.8, 4) is 0 Å². The maximum Gasteiger partial charge on any atom is 0.0630 e. The third-order valence-electron chi connectivity index (χ3n) is 2.65. The Bertz CT molecular complexity index is 98.6. The van der Waals surface area contributed by atoms with Crippen LogP contribution in [-0.2, 0) is 4.74 Å². The highest BCUT2D eigenvalue weighted by Gasteiger charge is 2.47. The largest absolute Gasteiger partial charge is 0.377 e. The molecule has 0 radical (unpaired) electrons. The van der Waals surface area contributed by atoms with E-state index in [2.05, 4.69) is 6.92 Å². The fraction of sp³-hybridized carbons (Fsp3) is 1.00. The molecule has 0 aromatic heterocycles. The van der Waals surface area contributed by atoms with Gasteiger partial charge in [-0.05, 0) is 12.3 Å². The van der Waals surface area contributed by atoms with Crippen molar-refractivity contribution in [2.75, 3.05) is 6.61 Å². The molecule has 0 bridgehead atoms. The summed E-state index contributed by atoms with van der Waals surface area (Å²) in [5.41, 5.74) is 0. The summed E-state index contributed by atoms with van der Waals surface area (Å²) in [5, 5.41) is 0. The van der Waals surface area contributed by atoms with Crippen molar-refractivity contribution >= 4 is 0 Å². The van der Waals surface area contributed by atoms with Crippen LogP contribution in [0.3, 0.4) is 0 Å². The van der Waals surface area contributed by atoms with Crippen LogP contribution in [0.4, 0.5) is 0 Å². The molecule has 2 aliphatic rings. The van der Waals surface area contributed by atoms with Gasteiger partial charge in [-0.15, -0.1) is 0 Å². The van der Waals surface area contributed by atoms with Gasteiger partial charge in [0.2, 0.25) is 0 Å². The van der Waals surface area contributed by atoms with Crippen LogP contribution in [0, 0.1) is 11.8 Å². The van der Waals surface area contributed by atoms with Gasteiger partial charge in [0.15, 0.2) is 0 Å². The predicted molar refractivity (Wildman–Crippen MR) is 31.6 cm³/mol. The molecular weight excluding hydrogens is 100 g/mol. The van der Waals surface area contributed by atoms with E-state index in [1.54, 1.807) is 0 Å². The first kappa shape index (κ1) is 4.80. The Balaban J connectivity index is 1.89. The van der Waals surface area contributed by atoms with Gasteiger partial charge in [-0.1, -0.05) is 13.3 Å². The minimum atomic E-state index is 0.694. The van der Waals surface area contributed by atoms with Crippen molar-refractivity contribution in [3.05, 3.63) is 0 Å². The lowest BCUT2D eigenvalue weighted by atomic mass is 9.67. The molecule has 0 amide bonds. The van der Waals surface area contributed by atoms with Crippen LogP contribution in [0.15, 0.2) is 0 Å². The summed E-state index contributed by atoms with van der Waals surface area (Å²) in [7, 11) is 0. The molecule has 1 heteroatoms. The minimum Gasteiger partial charge on any atom is -0.377 e. The lowest BCUT2D eigenvalue weighted by molar-refractivity contribution is -0.210. The molecule has 8 heavy (non-hydrogen) atoms. The average molecular weight is 112 g/mol. The van der Waals surface area contributed by atoms with Gasteiger partial charge in [-0.3, -0.25) is 0 Å². The Kier molecular flexibility index (Phi) is 0.884. The second kappa shape index (κ2) is 1.47. The van der Waals surface area contributed by atoms with Crippen LogP contribution in [0.5, 0.6) is 0 Å². The first-order valence-corrected chi connectivity index (χ1v) is 3.53. The highest BCUT2D eigenvalue weighted by atomic mass is 16.5. The third kappa shape index (κ3) is 0.408. The Morgan fingerprint density at radius 3 is 2.62 bits per heavy atom. The van der Waals surface area contributed by atoms with Crippen LogP contribution in [0.1, 0.15) is 19.8 Å². The van der Waals surface area contributed by atoms with Gasteiger partial charge in [0.1, 0.15) is 0 Å². The number of hydrogen-bond acceptors (Lipinski definition) is 1. The summed E-state index contributed by atoms with van der Waals surface area (Å²) in [6.07, 6.45) is 3.41. The highest BCUT2D eigenvalue weighted by molar-refractivity contribution is 4.95. The first-order chi connectivity index (χ1) is 3.92. The monoisotopic (exact) mass is 112 g/mol. The van der Waals surface area contributed by atoms with Gasteiger partial charge < -0.3 is 4.74 Å². The molecule has 3 unspecified atom stereocenters. The molecule has 1 heterocycles. The van der Waals surface area contributed by atoms with E-state index in [1.165, 1.54) is 12.8 Å². The normalized spacial score (nSPS) is 51.4. The van der Waals surface area contributed by atoms with Crippen molar-refractivity contribution in [3.63, 3.8) is 0 Å². The third-order valence-corrected chi connectivity index (χ3v) is 2.65. The van der Waals surface area contributed by atoms with E-state index in [0.29, 0.717) is 6.10 Å². The van der Waals surface area contributed by atoms with Crippen LogP contribution < -0.4 is 0 Å². The number of fused-ring (bicyclic) bond motifs is 1. The lowest BCUT2D eigenvalue weighted by Crippen LogP contribution is -2.54.